The highest BCUT2D eigenvalue weighted by atomic mass is 16.5. The molecule has 1 aromatic carbocycles. The molecule has 2 rings (SSSR count). The zero-order valence-corrected chi connectivity index (χ0v) is 13.5. The lowest BCUT2D eigenvalue weighted by atomic mass is 10.1. The molecule has 1 aliphatic rings. The highest BCUT2D eigenvalue weighted by Crippen LogP contribution is 2.22. The lowest BCUT2D eigenvalue weighted by Gasteiger charge is -2.26. The predicted molar refractivity (Wildman–Crippen MR) is 85.7 cm³/mol. The summed E-state index contributed by atoms with van der Waals surface area (Å²) < 4.78 is 6.04. The molecule has 0 bridgehead atoms. The van der Waals surface area contributed by atoms with Crippen LogP contribution in [0.4, 0.5) is 0 Å². The van der Waals surface area contributed by atoms with E-state index in [1.54, 1.807) is 0 Å². The van der Waals surface area contributed by atoms with Crippen LogP contribution in [0.1, 0.15) is 50.2 Å². The van der Waals surface area contributed by atoms with Crippen LogP contribution in [0.15, 0.2) is 18.2 Å². The van der Waals surface area contributed by atoms with Crippen molar-refractivity contribution in [2.24, 2.45) is 0 Å². The van der Waals surface area contributed by atoms with Crippen LogP contribution in [0.3, 0.4) is 0 Å². The fourth-order valence-electron chi connectivity index (χ4n) is 2.79. The zero-order valence-electron chi connectivity index (χ0n) is 13.5. The van der Waals surface area contributed by atoms with Crippen LogP contribution in [0.5, 0.6) is 5.75 Å². The van der Waals surface area contributed by atoms with Crippen molar-refractivity contribution in [1.29, 1.82) is 0 Å². The number of aryl methyl sites for hydroxylation is 2. The summed E-state index contributed by atoms with van der Waals surface area (Å²) in [6.07, 6.45) is 5.06. The highest BCUT2D eigenvalue weighted by molar-refractivity contribution is 5.81. The molecule has 21 heavy (non-hydrogen) atoms. The smallest absolute Gasteiger partial charge is 0.263 e. The number of amides is 1. The van der Waals surface area contributed by atoms with Crippen LogP contribution in [0.2, 0.25) is 0 Å². The van der Waals surface area contributed by atoms with Gasteiger partial charge in [-0.2, -0.15) is 0 Å². The van der Waals surface area contributed by atoms with Gasteiger partial charge in [-0.1, -0.05) is 31.9 Å². The van der Waals surface area contributed by atoms with Crippen molar-refractivity contribution in [2.75, 3.05) is 13.1 Å². The summed E-state index contributed by atoms with van der Waals surface area (Å²) in [5, 5.41) is 0. The Morgan fingerprint density at radius 2 is 1.86 bits per heavy atom. The first kappa shape index (κ1) is 15.9. The summed E-state index contributed by atoms with van der Waals surface area (Å²) in [5.74, 6) is 0.991. The van der Waals surface area contributed by atoms with E-state index in [4.69, 9.17) is 4.74 Å². The Balaban J connectivity index is 2.07. The van der Waals surface area contributed by atoms with Gasteiger partial charge < -0.3 is 9.64 Å². The molecular formula is C18H27NO2. The van der Waals surface area contributed by atoms with E-state index in [2.05, 4.69) is 6.07 Å². The lowest BCUT2D eigenvalue weighted by Crippen LogP contribution is -2.42. The van der Waals surface area contributed by atoms with Gasteiger partial charge in [0, 0.05) is 13.1 Å². The second-order valence-corrected chi connectivity index (χ2v) is 6.02. The number of hydrogen-bond acceptors (Lipinski definition) is 2. The number of ether oxygens (including phenoxy) is 1. The molecule has 1 heterocycles. The minimum atomic E-state index is -0.358. The van der Waals surface area contributed by atoms with Gasteiger partial charge in [0.2, 0.25) is 0 Å². The molecule has 0 spiro atoms. The van der Waals surface area contributed by atoms with Crippen molar-refractivity contribution in [3.63, 3.8) is 0 Å². The number of rotatable bonds is 4. The van der Waals surface area contributed by atoms with Gasteiger partial charge in [-0.3, -0.25) is 4.79 Å². The maximum absolute atomic E-state index is 12.7. The quantitative estimate of drug-likeness (QED) is 0.842. The molecule has 1 fully saturated rings. The number of carbonyl (C=O) groups excluding carboxylic acids is 1. The van der Waals surface area contributed by atoms with Crippen molar-refractivity contribution in [1.82, 2.24) is 4.90 Å². The van der Waals surface area contributed by atoms with E-state index in [0.29, 0.717) is 6.42 Å². The van der Waals surface area contributed by atoms with E-state index in [1.807, 2.05) is 37.8 Å². The molecule has 0 saturated carbocycles. The molecule has 1 aromatic rings. The van der Waals surface area contributed by atoms with Gasteiger partial charge in [0.05, 0.1) is 0 Å². The number of hydrogen-bond donors (Lipinski definition) is 0. The Hall–Kier alpha value is -1.51. The topological polar surface area (TPSA) is 29.5 Å². The van der Waals surface area contributed by atoms with Crippen LogP contribution in [-0.4, -0.2) is 30.0 Å². The second kappa shape index (κ2) is 7.48. The Labute approximate surface area is 128 Å². The maximum atomic E-state index is 12.7. The number of nitrogens with zero attached hydrogens (tertiary/aromatic N) is 1. The third kappa shape index (κ3) is 4.23. The molecular weight excluding hydrogens is 262 g/mol. The van der Waals surface area contributed by atoms with Gasteiger partial charge in [0.15, 0.2) is 6.10 Å². The molecule has 1 amide bonds. The molecule has 0 aromatic heterocycles. The van der Waals surface area contributed by atoms with E-state index in [9.17, 15) is 4.79 Å². The average Bonchev–Trinajstić information content (AvgIpc) is 2.76. The first-order valence-corrected chi connectivity index (χ1v) is 8.14. The Bertz CT molecular complexity index is 476. The van der Waals surface area contributed by atoms with Gasteiger partial charge in [0.25, 0.3) is 5.91 Å². The molecule has 3 heteroatoms. The van der Waals surface area contributed by atoms with Crippen molar-refractivity contribution < 1.29 is 9.53 Å². The standard InChI is InChI=1S/C18H27NO2/c1-4-16(18(20)19-11-7-5-6-8-12-19)21-17-13-14(2)9-10-15(17)3/h9-10,13,16H,4-8,11-12H2,1-3H3/t16-/m0/s1. The van der Waals surface area contributed by atoms with Crippen LogP contribution in [0.25, 0.3) is 0 Å². The predicted octanol–water partition coefficient (Wildman–Crippen LogP) is 3.86. The number of carbonyl (C=O) groups is 1. The number of benzene rings is 1. The van der Waals surface area contributed by atoms with Gasteiger partial charge in [-0.05, 0) is 50.3 Å². The summed E-state index contributed by atoms with van der Waals surface area (Å²) in [5.41, 5.74) is 2.25. The Morgan fingerprint density at radius 1 is 1.19 bits per heavy atom. The molecule has 1 atom stereocenters. The normalized spacial score (nSPS) is 17.2. The fourth-order valence-corrected chi connectivity index (χ4v) is 2.79. The first-order valence-electron chi connectivity index (χ1n) is 8.14. The highest BCUT2D eigenvalue weighted by Gasteiger charge is 2.25. The summed E-state index contributed by atoms with van der Waals surface area (Å²) in [6, 6.07) is 6.14. The van der Waals surface area contributed by atoms with E-state index >= 15 is 0 Å². The van der Waals surface area contributed by atoms with Crippen molar-refractivity contribution in [2.45, 2.75) is 59.0 Å². The summed E-state index contributed by atoms with van der Waals surface area (Å²) in [6.45, 7) is 7.85. The number of likely N-dealkylation sites (tertiary alicyclic amines) is 1. The SMILES string of the molecule is CC[C@H](Oc1cc(C)ccc1C)C(=O)N1CCCCCC1. The second-order valence-electron chi connectivity index (χ2n) is 6.02. The zero-order chi connectivity index (χ0) is 15.2. The monoisotopic (exact) mass is 289 g/mol. The Morgan fingerprint density at radius 3 is 2.48 bits per heavy atom. The van der Waals surface area contributed by atoms with Crippen molar-refractivity contribution >= 4 is 5.91 Å². The summed E-state index contributed by atoms with van der Waals surface area (Å²) in [7, 11) is 0. The minimum absolute atomic E-state index is 0.153. The van der Waals surface area contributed by atoms with Crippen LogP contribution < -0.4 is 4.74 Å². The van der Waals surface area contributed by atoms with Crippen LogP contribution in [-0.2, 0) is 4.79 Å². The van der Waals surface area contributed by atoms with Gasteiger partial charge in [-0.15, -0.1) is 0 Å². The van der Waals surface area contributed by atoms with Crippen LogP contribution in [0, 0.1) is 13.8 Å². The lowest BCUT2D eigenvalue weighted by molar-refractivity contribution is -0.138. The molecule has 0 N–H and O–H groups in total. The van der Waals surface area contributed by atoms with E-state index in [1.165, 1.54) is 12.8 Å². The molecule has 0 radical (unpaired) electrons. The average molecular weight is 289 g/mol. The van der Waals surface area contributed by atoms with Gasteiger partial charge in [-0.25, -0.2) is 0 Å². The minimum Gasteiger partial charge on any atom is -0.480 e. The molecule has 0 aliphatic carbocycles. The molecule has 1 aliphatic heterocycles. The first-order chi connectivity index (χ1) is 10.1. The van der Waals surface area contributed by atoms with E-state index in [-0.39, 0.29) is 12.0 Å². The van der Waals surface area contributed by atoms with Crippen LogP contribution >= 0.6 is 0 Å². The largest absolute Gasteiger partial charge is 0.480 e. The Kier molecular flexibility index (Phi) is 5.66. The van der Waals surface area contributed by atoms with Gasteiger partial charge >= 0.3 is 0 Å². The molecule has 3 nitrogen and oxygen atoms in total. The fraction of sp³-hybridized carbons (Fsp3) is 0.611. The third-order valence-corrected chi connectivity index (χ3v) is 4.18. The van der Waals surface area contributed by atoms with Crippen molar-refractivity contribution in [3.05, 3.63) is 29.3 Å². The van der Waals surface area contributed by atoms with Gasteiger partial charge in [0.1, 0.15) is 5.75 Å². The summed E-state index contributed by atoms with van der Waals surface area (Å²) in [4.78, 5) is 14.7. The van der Waals surface area contributed by atoms with E-state index in [0.717, 1.165) is 42.8 Å². The maximum Gasteiger partial charge on any atom is 0.263 e. The van der Waals surface area contributed by atoms with E-state index < -0.39 is 0 Å². The summed E-state index contributed by atoms with van der Waals surface area (Å²) >= 11 is 0. The van der Waals surface area contributed by atoms with Crippen molar-refractivity contribution in [3.8, 4) is 5.75 Å². The molecule has 116 valence electrons. The third-order valence-electron chi connectivity index (χ3n) is 4.18. The molecule has 0 unspecified atom stereocenters. The molecule has 1 saturated heterocycles.